The Hall–Kier alpha value is -3.22. The highest BCUT2D eigenvalue weighted by atomic mass is 32.2. The van der Waals surface area contributed by atoms with Gasteiger partial charge in [0.15, 0.2) is 0 Å². The molecule has 0 saturated carbocycles. The number of rotatable bonds is 6. The van der Waals surface area contributed by atoms with Crippen molar-refractivity contribution in [3.8, 4) is 0 Å². The fourth-order valence-corrected chi connectivity index (χ4v) is 3.18. The fourth-order valence-electron chi connectivity index (χ4n) is 2.45. The molecule has 2 amide bonds. The lowest BCUT2D eigenvalue weighted by atomic mass is 10.1. The first-order valence-electron chi connectivity index (χ1n) is 8.84. The third-order valence-corrected chi connectivity index (χ3v) is 4.79. The van der Waals surface area contributed by atoms with Gasteiger partial charge in [0.2, 0.25) is 5.89 Å². The van der Waals surface area contributed by atoms with Crippen molar-refractivity contribution < 1.29 is 35.6 Å². The molecule has 0 aliphatic heterocycles. The highest BCUT2D eigenvalue weighted by molar-refractivity contribution is 7.98. The molecule has 0 spiro atoms. The Bertz CT molecular complexity index is 1040. The number of hydrogen-bond donors (Lipinski definition) is 2. The number of urea groups is 1. The van der Waals surface area contributed by atoms with Crippen LogP contribution in [-0.4, -0.2) is 16.2 Å². The number of carbonyl (C=O) groups is 1. The van der Waals surface area contributed by atoms with Gasteiger partial charge in [-0.15, -0.1) is 10.2 Å². The highest BCUT2D eigenvalue weighted by Crippen LogP contribution is 2.37. The van der Waals surface area contributed by atoms with E-state index in [0.717, 1.165) is 5.56 Å². The van der Waals surface area contributed by atoms with Crippen LogP contribution in [0.5, 0.6) is 0 Å². The second-order valence-electron chi connectivity index (χ2n) is 6.34. The standard InChI is InChI=1S/C19H14F6N4O2S/c20-18(21,22)12-6-13(19(23,24)25)8-14(7-12)27-16(30)26-9-15-28-29-17(31-15)32-10-11-4-2-1-3-5-11/h1-8H,9-10H2,(H2,26,27,30). The predicted molar refractivity (Wildman–Crippen MR) is 103 cm³/mol. The molecule has 170 valence electrons. The molecule has 0 bridgehead atoms. The second kappa shape index (κ2) is 9.51. The number of benzene rings is 2. The van der Waals surface area contributed by atoms with E-state index in [1.807, 2.05) is 35.6 Å². The van der Waals surface area contributed by atoms with E-state index in [-0.39, 0.29) is 23.7 Å². The highest BCUT2D eigenvalue weighted by Gasteiger charge is 2.37. The zero-order valence-electron chi connectivity index (χ0n) is 15.9. The molecule has 0 atom stereocenters. The summed E-state index contributed by atoms with van der Waals surface area (Å²) in [5.74, 6) is 0.573. The maximum atomic E-state index is 12.9. The summed E-state index contributed by atoms with van der Waals surface area (Å²) in [4.78, 5) is 11.9. The van der Waals surface area contributed by atoms with Gasteiger partial charge in [0, 0.05) is 11.4 Å². The number of hydrogen-bond acceptors (Lipinski definition) is 5. The molecular weight excluding hydrogens is 462 g/mol. The summed E-state index contributed by atoms with van der Waals surface area (Å²) in [6.07, 6.45) is -10.0. The Morgan fingerprint density at radius 3 is 2.16 bits per heavy atom. The van der Waals surface area contributed by atoms with Gasteiger partial charge < -0.3 is 15.1 Å². The summed E-state index contributed by atoms with van der Waals surface area (Å²) in [6.45, 7) is -0.282. The van der Waals surface area contributed by atoms with Crippen LogP contribution in [0.3, 0.4) is 0 Å². The van der Waals surface area contributed by atoms with Crippen molar-refractivity contribution in [3.05, 3.63) is 71.1 Å². The van der Waals surface area contributed by atoms with Crippen molar-refractivity contribution in [3.63, 3.8) is 0 Å². The molecule has 2 N–H and O–H groups in total. The van der Waals surface area contributed by atoms with Gasteiger partial charge in [0.25, 0.3) is 5.22 Å². The van der Waals surface area contributed by atoms with Gasteiger partial charge in [0.1, 0.15) is 0 Å². The first-order valence-corrected chi connectivity index (χ1v) is 9.83. The second-order valence-corrected chi connectivity index (χ2v) is 7.26. The third kappa shape index (κ3) is 6.64. The predicted octanol–water partition coefficient (Wildman–Crippen LogP) is 5.72. The van der Waals surface area contributed by atoms with Gasteiger partial charge in [-0.3, -0.25) is 0 Å². The maximum absolute atomic E-state index is 12.9. The lowest BCUT2D eigenvalue weighted by molar-refractivity contribution is -0.143. The Balaban J connectivity index is 1.59. The molecule has 0 saturated heterocycles. The first-order chi connectivity index (χ1) is 15.0. The number of nitrogens with one attached hydrogen (secondary N) is 2. The van der Waals surface area contributed by atoms with Gasteiger partial charge in [-0.2, -0.15) is 26.3 Å². The van der Waals surface area contributed by atoms with E-state index in [0.29, 0.717) is 17.9 Å². The summed E-state index contributed by atoms with van der Waals surface area (Å²) in [7, 11) is 0. The van der Waals surface area contributed by atoms with Crippen molar-refractivity contribution >= 4 is 23.5 Å². The van der Waals surface area contributed by atoms with Crippen molar-refractivity contribution in [2.75, 3.05) is 5.32 Å². The minimum absolute atomic E-state index is 0.00994. The Labute approximate surface area is 181 Å². The Morgan fingerprint density at radius 2 is 1.56 bits per heavy atom. The van der Waals surface area contributed by atoms with Gasteiger partial charge in [0.05, 0.1) is 17.7 Å². The lowest BCUT2D eigenvalue weighted by Crippen LogP contribution is -2.28. The normalized spacial score (nSPS) is 11.9. The van der Waals surface area contributed by atoms with Crippen LogP contribution in [-0.2, 0) is 24.7 Å². The summed E-state index contributed by atoms with van der Waals surface area (Å²) in [6, 6.07) is 9.17. The van der Waals surface area contributed by atoms with Crippen LogP contribution in [0.4, 0.5) is 36.8 Å². The zero-order chi connectivity index (χ0) is 23.4. The topological polar surface area (TPSA) is 80.1 Å². The number of carbonyl (C=O) groups excluding carboxylic acids is 1. The molecular formula is C19H14F6N4O2S. The number of nitrogens with zero attached hydrogens (tertiary/aromatic N) is 2. The molecule has 0 fully saturated rings. The molecule has 32 heavy (non-hydrogen) atoms. The van der Waals surface area contributed by atoms with Crippen LogP contribution >= 0.6 is 11.8 Å². The minimum Gasteiger partial charge on any atom is -0.414 e. The minimum atomic E-state index is -5.02. The van der Waals surface area contributed by atoms with E-state index < -0.39 is 35.2 Å². The quantitative estimate of drug-likeness (QED) is 0.351. The van der Waals surface area contributed by atoms with Gasteiger partial charge in [-0.1, -0.05) is 42.1 Å². The van der Waals surface area contributed by atoms with Gasteiger partial charge in [-0.05, 0) is 23.8 Å². The van der Waals surface area contributed by atoms with Crippen LogP contribution in [0.25, 0.3) is 0 Å². The molecule has 0 aliphatic carbocycles. The smallest absolute Gasteiger partial charge is 0.414 e. The average molecular weight is 476 g/mol. The van der Waals surface area contributed by atoms with Crippen LogP contribution < -0.4 is 10.6 Å². The van der Waals surface area contributed by atoms with Gasteiger partial charge in [-0.25, -0.2) is 4.79 Å². The molecule has 0 radical (unpaired) electrons. The largest absolute Gasteiger partial charge is 0.416 e. The molecule has 3 aromatic rings. The number of amides is 2. The maximum Gasteiger partial charge on any atom is 0.416 e. The van der Waals surface area contributed by atoms with Crippen molar-refractivity contribution in [1.82, 2.24) is 15.5 Å². The molecule has 0 unspecified atom stereocenters. The molecule has 3 rings (SSSR count). The number of thioether (sulfide) groups is 1. The summed E-state index contributed by atoms with van der Waals surface area (Å²) >= 11 is 1.26. The number of halogens is 6. The SMILES string of the molecule is O=C(NCc1nnc(SCc2ccccc2)o1)Nc1cc(C(F)(F)F)cc(C(F)(F)F)c1. The van der Waals surface area contributed by atoms with Crippen LogP contribution in [0.2, 0.25) is 0 Å². The Morgan fingerprint density at radius 1 is 0.938 bits per heavy atom. The van der Waals surface area contributed by atoms with E-state index in [1.165, 1.54) is 11.8 Å². The van der Waals surface area contributed by atoms with Crippen molar-refractivity contribution in [1.29, 1.82) is 0 Å². The van der Waals surface area contributed by atoms with E-state index in [9.17, 15) is 31.1 Å². The van der Waals surface area contributed by atoms with E-state index in [1.54, 1.807) is 0 Å². The molecule has 0 aliphatic rings. The average Bonchev–Trinajstić information content (AvgIpc) is 3.18. The summed E-state index contributed by atoms with van der Waals surface area (Å²) in [5.41, 5.74) is -2.73. The molecule has 6 nitrogen and oxygen atoms in total. The number of aromatic nitrogens is 2. The van der Waals surface area contributed by atoms with Crippen LogP contribution in [0, 0.1) is 0 Å². The van der Waals surface area contributed by atoms with E-state index in [2.05, 4.69) is 15.5 Å². The number of anilines is 1. The monoisotopic (exact) mass is 476 g/mol. The molecule has 2 aromatic carbocycles. The molecule has 1 aromatic heterocycles. The van der Waals surface area contributed by atoms with Gasteiger partial charge >= 0.3 is 18.4 Å². The Kier molecular flexibility index (Phi) is 6.96. The lowest BCUT2D eigenvalue weighted by Gasteiger charge is -2.14. The first kappa shape index (κ1) is 23.4. The van der Waals surface area contributed by atoms with E-state index >= 15 is 0 Å². The third-order valence-electron chi connectivity index (χ3n) is 3.90. The van der Waals surface area contributed by atoms with Crippen molar-refractivity contribution in [2.24, 2.45) is 0 Å². The zero-order valence-corrected chi connectivity index (χ0v) is 16.7. The molecule has 13 heteroatoms. The summed E-state index contributed by atoms with van der Waals surface area (Å²) < 4.78 is 82.7. The fraction of sp³-hybridized carbons (Fsp3) is 0.211. The molecule has 1 heterocycles. The van der Waals surface area contributed by atoms with Crippen LogP contribution in [0.15, 0.2) is 58.2 Å². The number of alkyl halides is 6. The van der Waals surface area contributed by atoms with Crippen molar-refractivity contribution in [2.45, 2.75) is 29.9 Å². The van der Waals surface area contributed by atoms with Crippen LogP contribution in [0.1, 0.15) is 22.6 Å². The summed E-state index contributed by atoms with van der Waals surface area (Å²) in [5, 5.41) is 11.9. The van der Waals surface area contributed by atoms with E-state index in [4.69, 9.17) is 4.42 Å².